The highest BCUT2D eigenvalue weighted by molar-refractivity contribution is 5.88. The van der Waals surface area contributed by atoms with Crippen molar-refractivity contribution < 1.29 is 14.6 Å². The van der Waals surface area contributed by atoms with Gasteiger partial charge in [0.1, 0.15) is 5.82 Å². The zero-order valence-corrected chi connectivity index (χ0v) is 9.85. The first kappa shape index (κ1) is 12.0. The van der Waals surface area contributed by atoms with Gasteiger partial charge in [-0.25, -0.2) is 14.8 Å². The molecule has 5 nitrogen and oxygen atoms in total. The number of aromatic carboxylic acids is 1. The van der Waals surface area contributed by atoms with Crippen LogP contribution in [0.1, 0.15) is 35.2 Å². The number of carbonyl (C=O) groups is 1. The van der Waals surface area contributed by atoms with Gasteiger partial charge in [0.25, 0.3) is 0 Å². The van der Waals surface area contributed by atoms with E-state index in [4.69, 9.17) is 9.84 Å². The van der Waals surface area contributed by atoms with E-state index in [0.717, 1.165) is 31.9 Å². The van der Waals surface area contributed by atoms with Gasteiger partial charge in [-0.2, -0.15) is 0 Å². The van der Waals surface area contributed by atoms with Crippen LogP contribution in [0.15, 0.2) is 6.20 Å². The topological polar surface area (TPSA) is 72.3 Å². The number of carboxylic acids is 1. The quantitative estimate of drug-likeness (QED) is 0.853. The first-order valence-electron chi connectivity index (χ1n) is 5.86. The van der Waals surface area contributed by atoms with Crippen LogP contribution in [0.4, 0.5) is 0 Å². The minimum Gasteiger partial charge on any atom is -0.478 e. The highest BCUT2D eigenvalue weighted by Crippen LogP contribution is 2.17. The van der Waals surface area contributed by atoms with Crippen molar-refractivity contribution in [1.29, 1.82) is 0 Å². The van der Waals surface area contributed by atoms with Crippen LogP contribution in [0, 0.1) is 5.92 Å². The van der Waals surface area contributed by atoms with Crippen molar-refractivity contribution in [3.05, 3.63) is 23.3 Å². The fourth-order valence-corrected chi connectivity index (χ4v) is 2.01. The van der Waals surface area contributed by atoms with Crippen LogP contribution in [0.2, 0.25) is 0 Å². The number of rotatable bonds is 4. The Morgan fingerprint density at radius 1 is 1.65 bits per heavy atom. The summed E-state index contributed by atoms with van der Waals surface area (Å²) in [4.78, 5) is 19.4. The number of aryl methyl sites for hydroxylation is 1. The lowest BCUT2D eigenvalue weighted by atomic mass is 10.0. The van der Waals surface area contributed by atoms with Crippen LogP contribution in [-0.2, 0) is 17.6 Å². The molecular weight excluding hydrogens is 220 g/mol. The second-order valence-corrected chi connectivity index (χ2v) is 4.24. The van der Waals surface area contributed by atoms with Crippen molar-refractivity contribution >= 4 is 5.97 Å². The Balaban J connectivity index is 2.15. The number of hydrogen-bond acceptors (Lipinski definition) is 4. The van der Waals surface area contributed by atoms with Crippen LogP contribution in [0.5, 0.6) is 0 Å². The molecule has 1 atom stereocenters. The van der Waals surface area contributed by atoms with E-state index in [1.807, 2.05) is 6.92 Å². The Hall–Kier alpha value is -1.49. The number of ether oxygens (including phenoxy) is 1. The molecule has 1 fully saturated rings. The molecule has 92 valence electrons. The summed E-state index contributed by atoms with van der Waals surface area (Å²) >= 11 is 0. The van der Waals surface area contributed by atoms with Crippen LogP contribution in [0.25, 0.3) is 0 Å². The monoisotopic (exact) mass is 236 g/mol. The molecule has 2 rings (SSSR count). The summed E-state index contributed by atoms with van der Waals surface area (Å²) in [5.41, 5.74) is 0.820. The lowest BCUT2D eigenvalue weighted by Gasteiger charge is -2.08. The molecule has 0 spiro atoms. The maximum absolute atomic E-state index is 10.9. The number of nitrogens with zero attached hydrogens (tertiary/aromatic N) is 2. The van der Waals surface area contributed by atoms with Gasteiger partial charge in [0, 0.05) is 25.8 Å². The van der Waals surface area contributed by atoms with E-state index < -0.39 is 5.97 Å². The second-order valence-electron chi connectivity index (χ2n) is 4.24. The summed E-state index contributed by atoms with van der Waals surface area (Å²) in [5, 5.41) is 8.97. The fourth-order valence-electron chi connectivity index (χ4n) is 2.01. The van der Waals surface area contributed by atoms with Crippen molar-refractivity contribution in [2.75, 3.05) is 13.2 Å². The third-order valence-electron chi connectivity index (χ3n) is 2.98. The van der Waals surface area contributed by atoms with Gasteiger partial charge in [-0.1, -0.05) is 6.92 Å². The van der Waals surface area contributed by atoms with Gasteiger partial charge in [-0.15, -0.1) is 0 Å². The third-order valence-corrected chi connectivity index (χ3v) is 2.98. The Morgan fingerprint density at radius 3 is 3.06 bits per heavy atom. The lowest BCUT2D eigenvalue weighted by molar-refractivity contribution is 0.0694. The van der Waals surface area contributed by atoms with Crippen molar-refractivity contribution in [3.63, 3.8) is 0 Å². The van der Waals surface area contributed by atoms with E-state index >= 15 is 0 Å². The van der Waals surface area contributed by atoms with Gasteiger partial charge in [-0.3, -0.25) is 0 Å². The van der Waals surface area contributed by atoms with Crippen LogP contribution >= 0.6 is 0 Å². The Kier molecular flexibility index (Phi) is 3.68. The molecule has 0 aromatic carbocycles. The molecule has 1 aliphatic rings. The number of hydrogen-bond donors (Lipinski definition) is 1. The van der Waals surface area contributed by atoms with Crippen molar-refractivity contribution in [1.82, 2.24) is 9.97 Å². The summed E-state index contributed by atoms with van der Waals surface area (Å²) < 4.78 is 5.30. The third kappa shape index (κ3) is 2.79. The predicted molar refractivity (Wildman–Crippen MR) is 61.0 cm³/mol. The van der Waals surface area contributed by atoms with E-state index in [1.165, 1.54) is 6.20 Å². The lowest BCUT2D eigenvalue weighted by Crippen LogP contribution is -2.12. The molecule has 1 aromatic rings. The van der Waals surface area contributed by atoms with Crippen molar-refractivity contribution in [3.8, 4) is 0 Å². The summed E-state index contributed by atoms with van der Waals surface area (Å²) in [6.07, 6.45) is 3.83. The first-order valence-corrected chi connectivity index (χ1v) is 5.86. The Morgan fingerprint density at radius 2 is 2.47 bits per heavy atom. The minimum absolute atomic E-state index is 0.207. The maximum atomic E-state index is 10.9. The van der Waals surface area contributed by atoms with E-state index in [9.17, 15) is 4.79 Å². The standard InChI is InChI=1S/C12H16N2O3/c1-2-10-9(12(15)16)6-13-11(14-10)5-8-3-4-17-7-8/h6,8H,2-5,7H2,1H3,(H,15,16). The SMILES string of the molecule is CCc1nc(CC2CCOC2)ncc1C(=O)O. The first-order chi connectivity index (χ1) is 8.20. The molecule has 1 saturated heterocycles. The molecule has 1 unspecified atom stereocenters. The molecular formula is C12H16N2O3. The predicted octanol–water partition coefficient (Wildman–Crippen LogP) is 1.32. The van der Waals surface area contributed by atoms with E-state index in [1.54, 1.807) is 0 Å². The van der Waals surface area contributed by atoms with Gasteiger partial charge >= 0.3 is 5.97 Å². The van der Waals surface area contributed by atoms with E-state index in [-0.39, 0.29) is 5.56 Å². The van der Waals surface area contributed by atoms with Gasteiger partial charge in [0.15, 0.2) is 0 Å². The summed E-state index contributed by atoms with van der Waals surface area (Å²) in [6.45, 7) is 3.46. The van der Waals surface area contributed by atoms with Gasteiger partial charge in [0.2, 0.25) is 0 Å². The average Bonchev–Trinajstić information content (AvgIpc) is 2.81. The van der Waals surface area contributed by atoms with Gasteiger partial charge in [0.05, 0.1) is 11.3 Å². The second kappa shape index (κ2) is 5.23. The molecule has 0 saturated carbocycles. The highest BCUT2D eigenvalue weighted by atomic mass is 16.5. The molecule has 17 heavy (non-hydrogen) atoms. The normalized spacial score (nSPS) is 19.5. The number of aromatic nitrogens is 2. The smallest absolute Gasteiger partial charge is 0.339 e. The minimum atomic E-state index is -0.961. The van der Waals surface area contributed by atoms with Crippen molar-refractivity contribution in [2.24, 2.45) is 5.92 Å². The molecule has 0 bridgehead atoms. The van der Waals surface area contributed by atoms with Crippen molar-refractivity contribution in [2.45, 2.75) is 26.2 Å². The largest absolute Gasteiger partial charge is 0.478 e. The van der Waals surface area contributed by atoms with Crippen LogP contribution in [0.3, 0.4) is 0 Å². The number of carboxylic acid groups (broad SMARTS) is 1. The Labute approximate surface area is 99.9 Å². The molecule has 1 N–H and O–H groups in total. The summed E-state index contributed by atoms with van der Waals surface area (Å²) in [7, 11) is 0. The zero-order valence-electron chi connectivity index (χ0n) is 9.85. The van der Waals surface area contributed by atoms with Crippen LogP contribution < -0.4 is 0 Å². The molecule has 1 aliphatic heterocycles. The van der Waals surface area contributed by atoms with E-state index in [2.05, 4.69) is 9.97 Å². The van der Waals surface area contributed by atoms with Gasteiger partial charge in [-0.05, 0) is 18.8 Å². The molecule has 0 aliphatic carbocycles. The molecule has 5 heteroatoms. The Bertz CT molecular complexity index is 414. The average molecular weight is 236 g/mol. The van der Waals surface area contributed by atoms with E-state index in [0.29, 0.717) is 18.0 Å². The molecule has 0 amide bonds. The van der Waals surface area contributed by atoms with Gasteiger partial charge < -0.3 is 9.84 Å². The molecule has 1 aromatic heterocycles. The summed E-state index contributed by atoms with van der Waals surface area (Å²) in [6, 6.07) is 0. The molecule has 0 radical (unpaired) electrons. The fraction of sp³-hybridized carbons (Fsp3) is 0.583. The summed E-state index contributed by atoms with van der Waals surface area (Å²) in [5.74, 6) is 0.232. The highest BCUT2D eigenvalue weighted by Gasteiger charge is 2.19. The zero-order chi connectivity index (χ0) is 12.3. The molecule has 2 heterocycles. The van der Waals surface area contributed by atoms with Crippen LogP contribution in [-0.4, -0.2) is 34.3 Å². The maximum Gasteiger partial charge on any atom is 0.339 e.